The van der Waals surface area contributed by atoms with E-state index >= 15 is 0 Å². The zero-order valence-corrected chi connectivity index (χ0v) is 14.2. The summed E-state index contributed by atoms with van der Waals surface area (Å²) in [7, 11) is 0. The second-order valence-corrected chi connectivity index (χ2v) is 5.66. The van der Waals surface area contributed by atoms with E-state index in [2.05, 4.69) is 11.1 Å². The number of hydrogen-bond donors (Lipinski definition) is 0. The first-order valence-electron chi connectivity index (χ1n) is 8.10. The van der Waals surface area contributed by atoms with Crippen LogP contribution in [0.2, 0.25) is 0 Å². The van der Waals surface area contributed by atoms with Gasteiger partial charge in [0.15, 0.2) is 11.5 Å². The molecule has 3 heterocycles. The maximum atomic E-state index is 10.7. The molecular formula is C20H11N3O5. The van der Waals surface area contributed by atoms with Crippen molar-refractivity contribution in [1.29, 1.82) is 5.26 Å². The average molecular weight is 373 g/mol. The molecule has 0 saturated heterocycles. The Morgan fingerprint density at radius 2 is 1.71 bits per heavy atom. The van der Waals surface area contributed by atoms with Gasteiger partial charge in [-0.05, 0) is 42.0 Å². The summed E-state index contributed by atoms with van der Waals surface area (Å²) in [4.78, 5) is 14.5. The number of nitriles is 1. The van der Waals surface area contributed by atoms with E-state index in [1.54, 1.807) is 36.4 Å². The minimum atomic E-state index is -0.480. The first-order valence-corrected chi connectivity index (χ1v) is 8.10. The number of non-ortho nitro benzene ring substituents is 1. The summed E-state index contributed by atoms with van der Waals surface area (Å²) in [6.45, 7) is 0. The molecule has 4 rings (SSSR count). The van der Waals surface area contributed by atoms with E-state index in [0.717, 1.165) is 0 Å². The lowest BCUT2D eigenvalue weighted by Crippen LogP contribution is -1.88. The summed E-state index contributed by atoms with van der Waals surface area (Å²) >= 11 is 0. The molecule has 0 radical (unpaired) electrons. The van der Waals surface area contributed by atoms with Crippen molar-refractivity contribution in [3.05, 3.63) is 82.3 Å². The van der Waals surface area contributed by atoms with Gasteiger partial charge in [-0.25, -0.2) is 4.99 Å². The molecule has 0 unspecified atom stereocenters. The van der Waals surface area contributed by atoms with Gasteiger partial charge in [0, 0.05) is 18.3 Å². The average Bonchev–Trinajstić information content (AvgIpc) is 3.46. The number of hydrogen-bond acceptors (Lipinski definition) is 7. The lowest BCUT2D eigenvalue weighted by Gasteiger charge is -1.96. The Morgan fingerprint density at radius 1 is 1.04 bits per heavy atom. The van der Waals surface area contributed by atoms with Crippen molar-refractivity contribution in [1.82, 2.24) is 0 Å². The molecule has 0 fully saturated rings. The van der Waals surface area contributed by atoms with Crippen molar-refractivity contribution < 1.29 is 18.2 Å². The largest absolute Gasteiger partial charge is 0.464 e. The molecule has 4 aromatic rings. The Bertz CT molecular complexity index is 1180. The molecule has 0 saturated carbocycles. The number of nitro benzene ring substituents is 1. The van der Waals surface area contributed by atoms with Crippen molar-refractivity contribution in [2.75, 3.05) is 0 Å². The van der Waals surface area contributed by atoms with Crippen molar-refractivity contribution in [3.8, 4) is 28.9 Å². The number of nitrogens with zero attached hydrogens (tertiary/aromatic N) is 3. The van der Waals surface area contributed by atoms with Crippen LogP contribution in [0.25, 0.3) is 22.8 Å². The van der Waals surface area contributed by atoms with E-state index in [9.17, 15) is 15.4 Å². The summed E-state index contributed by atoms with van der Waals surface area (Å²) in [6, 6.07) is 14.8. The summed E-state index contributed by atoms with van der Waals surface area (Å²) in [5, 5.41) is 20.4. The van der Waals surface area contributed by atoms with Gasteiger partial charge in [0.05, 0.1) is 23.0 Å². The molecule has 0 spiro atoms. The lowest BCUT2D eigenvalue weighted by molar-refractivity contribution is -0.384. The quantitative estimate of drug-likeness (QED) is 0.265. The lowest BCUT2D eigenvalue weighted by atomic mass is 10.1. The molecule has 0 atom stereocenters. The van der Waals surface area contributed by atoms with Gasteiger partial charge in [0.1, 0.15) is 17.4 Å². The van der Waals surface area contributed by atoms with E-state index in [1.165, 1.54) is 30.9 Å². The van der Waals surface area contributed by atoms with Crippen LogP contribution >= 0.6 is 0 Å². The van der Waals surface area contributed by atoms with E-state index in [4.69, 9.17) is 13.3 Å². The van der Waals surface area contributed by atoms with Crippen LogP contribution in [0.3, 0.4) is 0 Å². The van der Waals surface area contributed by atoms with Gasteiger partial charge in [-0.15, -0.1) is 0 Å². The molecule has 3 aromatic heterocycles. The van der Waals surface area contributed by atoms with Crippen LogP contribution < -0.4 is 0 Å². The second-order valence-electron chi connectivity index (χ2n) is 5.66. The molecule has 0 aliphatic rings. The highest BCUT2D eigenvalue weighted by molar-refractivity contribution is 5.87. The van der Waals surface area contributed by atoms with Gasteiger partial charge in [-0.2, -0.15) is 5.26 Å². The van der Waals surface area contributed by atoms with Crippen LogP contribution in [0.4, 0.5) is 11.6 Å². The fourth-order valence-corrected chi connectivity index (χ4v) is 2.67. The fourth-order valence-electron chi connectivity index (χ4n) is 2.67. The van der Waals surface area contributed by atoms with Crippen molar-refractivity contribution in [3.63, 3.8) is 0 Å². The van der Waals surface area contributed by atoms with Gasteiger partial charge in [0.2, 0.25) is 5.88 Å². The van der Waals surface area contributed by atoms with Gasteiger partial charge >= 0.3 is 0 Å². The molecule has 136 valence electrons. The van der Waals surface area contributed by atoms with Crippen molar-refractivity contribution in [2.24, 2.45) is 4.99 Å². The zero-order valence-electron chi connectivity index (χ0n) is 14.2. The Kier molecular flexibility index (Phi) is 4.32. The summed E-state index contributed by atoms with van der Waals surface area (Å²) in [6.07, 6.45) is 4.45. The molecule has 1 aromatic carbocycles. The highest BCUT2D eigenvalue weighted by Gasteiger charge is 2.25. The molecule has 8 nitrogen and oxygen atoms in total. The van der Waals surface area contributed by atoms with Crippen molar-refractivity contribution in [2.45, 2.75) is 0 Å². The van der Waals surface area contributed by atoms with E-state index in [-0.39, 0.29) is 17.1 Å². The highest BCUT2D eigenvalue weighted by atomic mass is 16.6. The smallest absolute Gasteiger partial charge is 0.269 e. The first-order chi connectivity index (χ1) is 13.7. The number of rotatable bonds is 5. The van der Waals surface area contributed by atoms with E-state index in [1.807, 2.05) is 0 Å². The topological polar surface area (TPSA) is 119 Å². The highest BCUT2D eigenvalue weighted by Crippen LogP contribution is 2.42. The Balaban J connectivity index is 1.78. The molecule has 0 N–H and O–H groups in total. The minimum Gasteiger partial charge on any atom is -0.464 e. The Labute approximate surface area is 158 Å². The third kappa shape index (κ3) is 3.08. The molecule has 0 bridgehead atoms. The van der Waals surface area contributed by atoms with E-state index < -0.39 is 4.92 Å². The van der Waals surface area contributed by atoms with Gasteiger partial charge in [-0.3, -0.25) is 10.1 Å². The number of nitro groups is 1. The van der Waals surface area contributed by atoms with Gasteiger partial charge in [-0.1, -0.05) is 0 Å². The summed E-state index contributed by atoms with van der Waals surface area (Å²) in [5.74, 6) is 1.29. The van der Waals surface area contributed by atoms with Gasteiger partial charge < -0.3 is 13.3 Å². The van der Waals surface area contributed by atoms with Crippen LogP contribution in [0.1, 0.15) is 11.1 Å². The van der Waals surface area contributed by atoms with Crippen molar-refractivity contribution >= 4 is 17.8 Å². The maximum absolute atomic E-state index is 10.7. The Morgan fingerprint density at radius 3 is 2.29 bits per heavy atom. The molecule has 28 heavy (non-hydrogen) atoms. The Hall–Kier alpha value is -4.38. The summed E-state index contributed by atoms with van der Waals surface area (Å²) < 4.78 is 16.7. The van der Waals surface area contributed by atoms with Crippen LogP contribution in [-0.2, 0) is 0 Å². The monoisotopic (exact) mass is 373 g/mol. The number of benzene rings is 1. The molecule has 0 aliphatic heterocycles. The van der Waals surface area contributed by atoms with E-state index in [0.29, 0.717) is 28.4 Å². The van der Waals surface area contributed by atoms with Gasteiger partial charge in [0.25, 0.3) is 5.69 Å². The van der Waals surface area contributed by atoms with Crippen LogP contribution in [-0.4, -0.2) is 11.1 Å². The summed E-state index contributed by atoms with van der Waals surface area (Å²) in [5.41, 5.74) is 1.23. The third-order valence-electron chi connectivity index (χ3n) is 3.95. The van der Waals surface area contributed by atoms with Crippen LogP contribution in [0, 0.1) is 21.4 Å². The number of furan rings is 3. The normalized spacial score (nSPS) is 11.0. The molecule has 8 heteroatoms. The standard InChI is InChI=1S/C20H11N3O5/c21-11-15-18(16-3-1-9-26-16)19(17-4-2-10-27-17)28-20(15)22-12-13-5-7-14(8-6-13)23(24)25/h1-10,12H. The predicted octanol–water partition coefficient (Wildman–Crippen LogP) is 5.33. The van der Waals surface area contributed by atoms with Crippen LogP contribution in [0.5, 0.6) is 0 Å². The second kappa shape index (κ2) is 7.09. The fraction of sp³-hybridized carbons (Fsp3) is 0. The third-order valence-corrected chi connectivity index (χ3v) is 3.95. The zero-order chi connectivity index (χ0) is 19.5. The first kappa shape index (κ1) is 17.1. The molecule has 0 aliphatic carbocycles. The predicted molar refractivity (Wildman–Crippen MR) is 99.2 cm³/mol. The van der Waals surface area contributed by atoms with Crippen LogP contribution in [0.15, 0.2) is 79.3 Å². The SMILES string of the molecule is N#Cc1c(N=Cc2ccc([N+](=O)[O-])cc2)oc(-c2ccco2)c1-c1ccco1. The maximum Gasteiger partial charge on any atom is 0.269 e. The number of aliphatic imine (C=N–C) groups is 1. The minimum absolute atomic E-state index is 0.0203. The molecular weight excluding hydrogens is 362 g/mol. The molecule has 0 amide bonds.